The third kappa shape index (κ3) is 2.42. The SMILES string of the molecule is OCC1CCCn2nc(CCN3CCCC3)nc21. The summed E-state index contributed by atoms with van der Waals surface area (Å²) < 4.78 is 2.00. The molecule has 5 nitrogen and oxygen atoms in total. The van der Waals surface area contributed by atoms with E-state index < -0.39 is 0 Å². The van der Waals surface area contributed by atoms with Gasteiger partial charge in [0, 0.05) is 25.4 Å². The lowest BCUT2D eigenvalue weighted by Crippen LogP contribution is -2.22. The molecule has 1 unspecified atom stereocenters. The van der Waals surface area contributed by atoms with Gasteiger partial charge in [0.15, 0.2) is 5.82 Å². The molecule has 0 radical (unpaired) electrons. The van der Waals surface area contributed by atoms with Gasteiger partial charge in [-0.2, -0.15) is 5.10 Å². The molecule has 3 rings (SSSR count). The van der Waals surface area contributed by atoms with Crippen molar-refractivity contribution >= 4 is 0 Å². The van der Waals surface area contributed by atoms with Crippen molar-refractivity contribution < 1.29 is 5.11 Å². The highest BCUT2D eigenvalue weighted by Crippen LogP contribution is 2.24. The largest absolute Gasteiger partial charge is 0.396 e. The zero-order valence-electron chi connectivity index (χ0n) is 10.9. The maximum absolute atomic E-state index is 9.36. The maximum atomic E-state index is 9.36. The molecule has 1 atom stereocenters. The van der Waals surface area contributed by atoms with Crippen molar-refractivity contribution in [3.05, 3.63) is 11.6 Å². The van der Waals surface area contributed by atoms with Crippen LogP contribution in [0.1, 0.15) is 43.3 Å². The molecular formula is C13H22N4O. The van der Waals surface area contributed by atoms with Crippen LogP contribution < -0.4 is 0 Å². The summed E-state index contributed by atoms with van der Waals surface area (Å²) >= 11 is 0. The Morgan fingerprint density at radius 3 is 2.78 bits per heavy atom. The minimum absolute atomic E-state index is 0.199. The second kappa shape index (κ2) is 5.36. The number of aliphatic hydroxyl groups excluding tert-OH is 1. The topological polar surface area (TPSA) is 54.2 Å². The molecule has 0 bridgehead atoms. The molecule has 0 aliphatic carbocycles. The van der Waals surface area contributed by atoms with Gasteiger partial charge >= 0.3 is 0 Å². The summed E-state index contributed by atoms with van der Waals surface area (Å²) in [4.78, 5) is 7.12. The molecule has 3 heterocycles. The Balaban J connectivity index is 1.64. The van der Waals surface area contributed by atoms with E-state index in [2.05, 4.69) is 15.0 Å². The molecule has 2 aliphatic heterocycles. The Hall–Kier alpha value is -0.940. The molecule has 1 saturated heterocycles. The third-order valence-electron chi connectivity index (χ3n) is 4.10. The quantitative estimate of drug-likeness (QED) is 0.858. The molecule has 100 valence electrons. The average molecular weight is 250 g/mol. The normalized spacial score (nSPS) is 24.4. The Labute approximate surface area is 108 Å². The number of hydrogen-bond acceptors (Lipinski definition) is 4. The second-order valence-corrected chi connectivity index (χ2v) is 5.43. The molecule has 0 aromatic carbocycles. The van der Waals surface area contributed by atoms with Crippen molar-refractivity contribution in [2.24, 2.45) is 0 Å². The van der Waals surface area contributed by atoms with Crippen LogP contribution in [0.3, 0.4) is 0 Å². The predicted molar refractivity (Wildman–Crippen MR) is 68.5 cm³/mol. The van der Waals surface area contributed by atoms with Crippen molar-refractivity contribution in [2.75, 3.05) is 26.2 Å². The van der Waals surface area contributed by atoms with Gasteiger partial charge in [0.1, 0.15) is 5.82 Å². The number of likely N-dealkylation sites (tertiary alicyclic amines) is 1. The van der Waals surface area contributed by atoms with Crippen LogP contribution in [0, 0.1) is 0 Å². The number of fused-ring (bicyclic) bond motifs is 1. The highest BCUT2D eigenvalue weighted by molar-refractivity contribution is 5.03. The standard InChI is InChI=1S/C13H22N4O/c18-10-11-4-3-8-17-13(11)14-12(15-17)5-9-16-6-1-2-7-16/h11,18H,1-10H2. The van der Waals surface area contributed by atoms with Gasteiger partial charge in [0.25, 0.3) is 0 Å². The number of aryl methyl sites for hydroxylation is 1. The summed E-state index contributed by atoms with van der Waals surface area (Å²) in [5.74, 6) is 2.16. The van der Waals surface area contributed by atoms with E-state index in [1.54, 1.807) is 0 Å². The minimum Gasteiger partial charge on any atom is -0.396 e. The number of aromatic nitrogens is 3. The van der Waals surface area contributed by atoms with Crippen LogP contribution in [0.4, 0.5) is 0 Å². The predicted octanol–water partition coefficient (Wildman–Crippen LogP) is 0.786. The average Bonchev–Trinajstić information content (AvgIpc) is 3.04. The Bertz CT molecular complexity index is 398. The third-order valence-corrected chi connectivity index (χ3v) is 4.10. The fraction of sp³-hybridized carbons (Fsp3) is 0.846. The van der Waals surface area contributed by atoms with Crippen LogP contribution in [0.15, 0.2) is 0 Å². The van der Waals surface area contributed by atoms with Gasteiger partial charge < -0.3 is 10.0 Å². The van der Waals surface area contributed by atoms with E-state index in [1.165, 1.54) is 25.9 Å². The van der Waals surface area contributed by atoms with Crippen LogP contribution in [-0.2, 0) is 13.0 Å². The van der Waals surface area contributed by atoms with Gasteiger partial charge in [-0.25, -0.2) is 9.67 Å². The van der Waals surface area contributed by atoms with Crippen LogP contribution in [-0.4, -0.2) is 51.0 Å². The summed E-state index contributed by atoms with van der Waals surface area (Å²) in [6.07, 6.45) is 5.76. The van der Waals surface area contributed by atoms with Crippen molar-refractivity contribution in [2.45, 2.75) is 44.6 Å². The lowest BCUT2D eigenvalue weighted by atomic mass is 10.0. The highest BCUT2D eigenvalue weighted by Gasteiger charge is 2.23. The fourth-order valence-electron chi connectivity index (χ4n) is 3.03. The first-order valence-corrected chi connectivity index (χ1v) is 7.13. The second-order valence-electron chi connectivity index (χ2n) is 5.43. The first kappa shape index (κ1) is 12.1. The lowest BCUT2D eigenvalue weighted by molar-refractivity contribution is 0.234. The molecule has 0 spiro atoms. The van der Waals surface area contributed by atoms with Crippen molar-refractivity contribution in [1.29, 1.82) is 0 Å². The van der Waals surface area contributed by atoms with E-state index >= 15 is 0 Å². The van der Waals surface area contributed by atoms with E-state index in [1.807, 2.05) is 4.68 Å². The Morgan fingerprint density at radius 1 is 1.17 bits per heavy atom. The first-order valence-electron chi connectivity index (χ1n) is 7.13. The van der Waals surface area contributed by atoms with E-state index in [0.29, 0.717) is 0 Å². The number of nitrogens with zero attached hydrogens (tertiary/aromatic N) is 4. The zero-order valence-corrected chi connectivity index (χ0v) is 10.9. The van der Waals surface area contributed by atoms with Crippen molar-refractivity contribution in [3.8, 4) is 0 Å². The minimum atomic E-state index is 0.199. The van der Waals surface area contributed by atoms with Gasteiger partial charge in [-0.15, -0.1) is 0 Å². The van der Waals surface area contributed by atoms with E-state index in [0.717, 1.165) is 44.0 Å². The monoisotopic (exact) mass is 250 g/mol. The highest BCUT2D eigenvalue weighted by atomic mass is 16.3. The van der Waals surface area contributed by atoms with Gasteiger partial charge in [-0.05, 0) is 38.8 Å². The van der Waals surface area contributed by atoms with Crippen molar-refractivity contribution in [3.63, 3.8) is 0 Å². The molecule has 1 aromatic heterocycles. The summed E-state index contributed by atoms with van der Waals surface area (Å²) in [5.41, 5.74) is 0. The van der Waals surface area contributed by atoms with E-state index in [4.69, 9.17) is 0 Å². The molecule has 0 saturated carbocycles. The molecule has 2 aliphatic rings. The molecule has 5 heteroatoms. The summed E-state index contributed by atoms with van der Waals surface area (Å²) in [7, 11) is 0. The van der Waals surface area contributed by atoms with Gasteiger partial charge in [-0.3, -0.25) is 0 Å². The summed E-state index contributed by atoms with van der Waals surface area (Å²) in [6.45, 7) is 4.69. The first-order chi connectivity index (χ1) is 8.86. The number of aliphatic hydroxyl groups is 1. The smallest absolute Gasteiger partial charge is 0.152 e. The molecular weight excluding hydrogens is 228 g/mol. The molecule has 1 aromatic rings. The van der Waals surface area contributed by atoms with E-state index in [-0.39, 0.29) is 12.5 Å². The Kier molecular flexibility index (Phi) is 3.61. The number of hydrogen-bond donors (Lipinski definition) is 1. The van der Waals surface area contributed by atoms with Gasteiger partial charge in [-0.1, -0.05) is 0 Å². The summed E-state index contributed by atoms with van der Waals surface area (Å²) in [5, 5.41) is 13.9. The molecule has 1 fully saturated rings. The maximum Gasteiger partial charge on any atom is 0.152 e. The molecule has 1 N–H and O–H groups in total. The zero-order chi connectivity index (χ0) is 12.4. The van der Waals surface area contributed by atoms with Crippen LogP contribution in [0.25, 0.3) is 0 Å². The van der Waals surface area contributed by atoms with E-state index in [9.17, 15) is 5.11 Å². The van der Waals surface area contributed by atoms with Crippen LogP contribution in [0.5, 0.6) is 0 Å². The Morgan fingerprint density at radius 2 is 2.00 bits per heavy atom. The van der Waals surface area contributed by atoms with Gasteiger partial charge in [0.05, 0.1) is 6.61 Å². The van der Waals surface area contributed by atoms with Crippen LogP contribution in [0.2, 0.25) is 0 Å². The van der Waals surface area contributed by atoms with Gasteiger partial charge in [0.2, 0.25) is 0 Å². The van der Waals surface area contributed by atoms with Crippen LogP contribution >= 0.6 is 0 Å². The lowest BCUT2D eigenvalue weighted by Gasteiger charge is -2.19. The molecule has 0 amide bonds. The summed E-state index contributed by atoms with van der Waals surface area (Å²) in [6, 6.07) is 0. The molecule has 18 heavy (non-hydrogen) atoms. The number of rotatable bonds is 4. The van der Waals surface area contributed by atoms with Crippen molar-refractivity contribution in [1.82, 2.24) is 19.7 Å². The fourth-order valence-corrected chi connectivity index (χ4v) is 3.03.